The number of benzene rings is 3. The van der Waals surface area contributed by atoms with Gasteiger partial charge in [-0.3, -0.25) is 9.59 Å². The predicted octanol–water partition coefficient (Wildman–Crippen LogP) is 7.06. The minimum atomic E-state index is -0.443. The lowest BCUT2D eigenvalue weighted by Gasteiger charge is -2.12. The summed E-state index contributed by atoms with van der Waals surface area (Å²) in [5.74, 6) is -0.416. The number of hydrogen-bond donors (Lipinski definition) is 1. The Balaban J connectivity index is 1.67. The zero-order valence-electron chi connectivity index (χ0n) is 17.2. The molecule has 6 heteroatoms. The molecular formula is C27H16BrClN2O2. The van der Waals surface area contributed by atoms with Gasteiger partial charge in [0, 0.05) is 31.9 Å². The smallest absolute Gasteiger partial charge is 0.260 e. The summed E-state index contributed by atoms with van der Waals surface area (Å²) in [6.45, 7) is 0. The molecule has 1 N–H and O–H groups in total. The number of pyridine rings is 2. The molecule has 0 fully saturated rings. The summed E-state index contributed by atoms with van der Waals surface area (Å²) in [6, 6.07) is 24.5. The molecule has 0 bridgehead atoms. The molecule has 4 nitrogen and oxygen atoms in total. The monoisotopic (exact) mass is 514 g/mol. The van der Waals surface area contributed by atoms with Gasteiger partial charge in [0.15, 0.2) is 5.78 Å². The summed E-state index contributed by atoms with van der Waals surface area (Å²) in [4.78, 5) is 33.6. The number of hydrogen-bond acceptors (Lipinski definition) is 3. The average Bonchev–Trinajstić information content (AvgIpc) is 2.82. The lowest BCUT2D eigenvalue weighted by atomic mass is 9.94. The third-order valence-electron chi connectivity index (χ3n) is 5.40. The number of carbonyl (C=O) groups excluding carboxylic acids is 1. The maximum atomic E-state index is 13.4. The van der Waals surface area contributed by atoms with Gasteiger partial charge >= 0.3 is 0 Å². The van der Waals surface area contributed by atoms with Gasteiger partial charge < -0.3 is 4.98 Å². The van der Waals surface area contributed by atoms with Crippen molar-refractivity contribution < 1.29 is 4.79 Å². The number of fused-ring (bicyclic) bond motifs is 2. The molecule has 0 aliphatic carbocycles. The summed E-state index contributed by atoms with van der Waals surface area (Å²) >= 11 is 9.84. The first-order chi connectivity index (χ1) is 16.0. The van der Waals surface area contributed by atoms with Gasteiger partial charge in [-0.1, -0.05) is 76.1 Å². The Bertz CT molecular complexity index is 1630. The Morgan fingerprint density at radius 3 is 2.55 bits per heavy atom. The predicted molar refractivity (Wildman–Crippen MR) is 138 cm³/mol. The van der Waals surface area contributed by atoms with Crippen LogP contribution in [-0.2, 0) is 0 Å². The Labute approximate surface area is 202 Å². The molecule has 0 atom stereocenters. The van der Waals surface area contributed by atoms with Gasteiger partial charge in [0.2, 0.25) is 0 Å². The van der Waals surface area contributed by atoms with Crippen LogP contribution >= 0.6 is 27.5 Å². The average molecular weight is 516 g/mol. The van der Waals surface area contributed by atoms with Crippen LogP contribution in [0.2, 0.25) is 5.15 Å². The number of nitrogens with one attached hydrogen (secondary N) is 1. The molecule has 2 aromatic heterocycles. The van der Waals surface area contributed by atoms with Crippen molar-refractivity contribution in [2.75, 3.05) is 0 Å². The highest BCUT2D eigenvalue weighted by Crippen LogP contribution is 2.32. The van der Waals surface area contributed by atoms with E-state index in [0.717, 1.165) is 26.3 Å². The lowest BCUT2D eigenvalue weighted by Crippen LogP contribution is -2.18. The molecule has 0 saturated carbocycles. The molecule has 33 heavy (non-hydrogen) atoms. The number of nitrogens with zero attached hydrogens (tertiary/aromatic N) is 1. The normalized spacial score (nSPS) is 11.5. The van der Waals surface area contributed by atoms with Crippen LogP contribution in [0.4, 0.5) is 0 Å². The Morgan fingerprint density at radius 2 is 1.73 bits per heavy atom. The zero-order chi connectivity index (χ0) is 22.9. The fourth-order valence-electron chi connectivity index (χ4n) is 3.88. The summed E-state index contributed by atoms with van der Waals surface area (Å²) in [5, 5.41) is 1.97. The molecule has 5 rings (SSSR count). The van der Waals surface area contributed by atoms with Gasteiger partial charge in [0.1, 0.15) is 5.15 Å². The number of carbonyl (C=O) groups is 1. The standard InChI is InChI=1S/C27H16BrClN2O2/c28-19-11-12-22-20(15-19)24(16-6-2-1-3-7-16)25(27(33)31-22)23(32)13-10-18-14-17-8-4-5-9-21(17)30-26(18)29/h1-15H,(H,31,33)/b13-10+. The van der Waals surface area contributed by atoms with E-state index in [1.165, 1.54) is 6.08 Å². The molecule has 160 valence electrons. The summed E-state index contributed by atoms with van der Waals surface area (Å²) in [6.07, 6.45) is 2.97. The summed E-state index contributed by atoms with van der Waals surface area (Å²) in [7, 11) is 0. The van der Waals surface area contributed by atoms with Crippen molar-refractivity contribution in [3.8, 4) is 11.1 Å². The highest BCUT2D eigenvalue weighted by atomic mass is 79.9. The van der Waals surface area contributed by atoms with Crippen molar-refractivity contribution in [1.29, 1.82) is 0 Å². The fraction of sp³-hybridized carbons (Fsp3) is 0. The second-order valence-electron chi connectivity index (χ2n) is 7.52. The van der Waals surface area contributed by atoms with Crippen molar-refractivity contribution >= 4 is 61.2 Å². The molecule has 0 unspecified atom stereocenters. The van der Waals surface area contributed by atoms with Crippen LogP contribution in [0.1, 0.15) is 15.9 Å². The van der Waals surface area contributed by atoms with Crippen molar-refractivity contribution in [2.45, 2.75) is 0 Å². The van der Waals surface area contributed by atoms with Crippen molar-refractivity contribution in [3.63, 3.8) is 0 Å². The zero-order valence-corrected chi connectivity index (χ0v) is 19.5. The molecule has 0 aliphatic heterocycles. The summed E-state index contributed by atoms with van der Waals surface area (Å²) < 4.78 is 0.849. The van der Waals surface area contributed by atoms with Crippen LogP contribution < -0.4 is 5.56 Å². The van der Waals surface area contributed by atoms with Gasteiger partial charge in [0.25, 0.3) is 5.56 Å². The Hall–Kier alpha value is -3.54. The fourth-order valence-corrected chi connectivity index (χ4v) is 4.45. The van der Waals surface area contributed by atoms with Crippen molar-refractivity contribution in [3.05, 3.63) is 116 Å². The number of aromatic nitrogens is 2. The van der Waals surface area contributed by atoms with Gasteiger partial charge in [-0.05, 0) is 48.0 Å². The number of allylic oxidation sites excluding steroid dienone is 1. The van der Waals surface area contributed by atoms with E-state index in [0.29, 0.717) is 16.6 Å². The molecular weight excluding hydrogens is 500 g/mol. The quantitative estimate of drug-likeness (QED) is 0.158. The maximum absolute atomic E-state index is 13.4. The van der Waals surface area contributed by atoms with E-state index >= 15 is 0 Å². The van der Waals surface area contributed by atoms with E-state index in [9.17, 15) is 9.59 Å². The third kappa shape index (κ3) is 4.13. The van der Waals surface area contributed by atoms with Crippen molar-refractivity contribution in [2.24, 2.45) is 0 Å². The molecule has 0 saturated heterocycles. The molecule has 0 amide bonds. The third-order valence-corrected chi connectivity index (χ3v) is 6.20. The number of aromatic amines is 1. The van der Waals surface area contributed by atoms with E-state index in [1.54, 1.807) is 6.08 Å². The number of ketones is 1. The molecule has 0 aliphatic rings. The van der Waals surface area contributed by atoms with E-state index in [2.05, 4.69) is 25.9 Å². The van der Waals surface area contributed by atoms with Gasteiger partial charge in [0.05, 0.1) is 11.1 Å². The summed E-state index contributed by atoms with van der Waals surface area (Å²) in [5.41, 5.74) is 3.04. The SMILES string of the molecule is O=C(/C=C/c1cc2ccccc2nc1Cl)c1c(-c2ccccc2)c2cc(Br)ccc2[nH]c1=O. The molecule has 0 radical (unpaired) electrons. The second kappa shape index (κ2) is 8.77. The minimum Gasteiger partial charge on any atom is -0.321 e. The Kier molecular flexibility index (Phi) is 5.67. The second-order valence-corrected chi connectivity index (χ2v) is 8.79. The number of halogens is 2. The maximum Gasteiger partial charge on any atom is 0.260 e. The van der Waals surface area contributed by atoms with Crippen LogP contribution in [0.25, 0.3) is 39.0 Å². The first-order valence-corrected chi connectivity index (χ1v) is 11.4. The van der Waals surface area contributed by atoms with Crippen molar-refractivity contribution in [1.82, 2.24) is 9.97 Å². The van der Waals surface area contributed by atoms with Crippen LogP contribution in [0, 0.1) is 0 Å². The van der Waals surface area contributed by atoms with Crippen LogP contribution in [0.3, 0.4) is 0 Å². The van der Waals surface area contributed by atoms with E-state index < -0.39 is 11.3 Å². The number of rotatable bonds is 4. The highest BCUT2D eigenvalue weighted by molar-refractivity contribution is 9.10. The van der Waals surface area contributed by atoms with E-state index in [1.807, 2.05) is 78.9 Å². The highest BCUT2D eigenvalue weighted by Gasteiger charge is 2.19. The Morgan fingerprint density at radius 1 is 0.970 bits per heavy atom. The van der Waals surface area contributed by atoms with Crippen LogP contribution in [0.5, 0.6) is 0 Å². The van der Waals surface area contributed by atoms with E-state index in [-0.39, 0.29) is 10.7 Å². The van der Waals surface area contributed by atoms with Gasteiger partial charge in [-0.2, -0.15) is 0 Å². The van der Waals surface area contributed by atoms with Crippen LogP contribution in [-0.4, -0.2) is 15.8 Å². The van der Waals surface area contributed by atoms with E-state index in [4.69, 9.17) is 11.6 Å². The minimum absolute atomic E-state index is 0.0768. The molecule has 3 aromatic carbocycles. The number of para-hydroxylation sites is 1. The molecule has 2 heterocycles. The molecule has 0 spiro atoms. The van der Waals surface area contributed by atoms with Gasteiger partial charge in [-0.15, -0.1) is 0 Å². The van der Waals surface area contributed by atoms with Gasteiger partial charge in [-0.25, -0.2) is 4.98 Å². The molecule has 5 aromatic rings. The topological polar surface area (TPSA) is 62.8 Å². The lowest BCUT2D eigenvalue weighted by molar-refractivity contribution is 0.104. The first-order valence-electron chi connectivity index (χ1n) is 10.2. The first kappa shape index (κ1) is 21.3. The van der Waals surface area contributed by atoms with Crippen LogP contribution in [0.15, 0.2) is 94.2 Å². The number of H-pyrrole nitrogens is 1. The largest absolute Gasteiger partial charge is 0.321 e.